The highest BCUT2D eigenvalue weighted by atomic mass is 35.5. The summed E-state index contributed by atoms with van der Waals surface area (Å²) in [6.45, 7) is 0. The number of hydrogen-bond donors (Lipinski definition) is 1. The summed E-state index contributed by atoms with van der Waals surface area (Å²) in [5.41, 5.74) is 3.15. The summed E-state index contributed by atoms with van der Waals surface area (Å²) in [5, 5.41) is 9.26. The summed E-state index contributed by atoms with van der Waals surface area (Å²) in [5.74, 6) is -1.07. The van der Waals surface area contributed by atoms with E-state index in [2.05, 4.69) is 4.98 Å². The van der Waals surface area contributed by atoms with E-state index in [1.165, 1.54) is 0 Å². The molecule has 0 aliphatic carbocycles. The molecule has 86 valence electrons. The number of carbonyl (C=O) groups excluding carboxylic acids is 1. The monoisotopic (exact) mass is 251 g/mol. The van der Waals surface area contributed by atoms with E-state index in [9.17, 15) is 23.7 Å². The lowest BCUT2D eigenvalue weighted by molar-refractivity contribution is -0.389. The maximum atomic E-state index is 12.3. The van der Waals surface area contributed by atoms with Crippen molar-refractivity contribution in [2.45, 2.75) is 6.43 Å². The second kappa shape index (κ2) is 4.35. The number of pyridine rings is 1. The van der Waals surface area contributed by atoms with Gasteiger partial charge in [0.1, 0.15) is 0 Å². The van der Waals surface area contributed by atoms with Crippen LogP contribution >= 0.6 is 11.6 Å². The highest BCUT2D eigenvalue weighted by molar-refractivity contribution is 6.68. The first-order valence-corrected chi connectivity index (χ1v) is 4.15. The van der Waals surface area contributed by atoms with Crippen molar-refractivity contribution in [2.75, 3.05) is 5.73 Å². The highest BCUT2D eigenvalue weighted by Crippen LogP contribution is 2.28. The Morgan fingerprint density at radius 1 is 1.62 bits per heavy atom. The van der Waals surface area contributed by atoms with E-state index in [-0.39, 0.29) is 0 Å². The second-order valence-corrected chi connectivity index (χ2v) is 3.01. The fourth-order valence-electron chi connectivity index (χ4n) is 1.02. The van der Waals surface area contributed by atoms with Crippen molar-refractivity contribution in [3.8, 4) is 0 Å². The van der Waals surface area contributed by atoms with E-state index >= 15 is 0 Å². The van der Waals surface area contributed by atoms with E-state index in [4.69, 9.17) is 17.3 Å². The molecule has 0 spiro atoms. The molecule has 2 N–H and O–H groups in total. The first-order valence-electron chi connectivity index (χ1n) is 3.77. The molecule has 1 aromatic rings. The Bertz CT molecular complexity index is 466. The molecule has 0 saturated carbocycles. The van der Waals surface area contributed by atoms with Gasteiger partial charge < -0.3 is 15.8 Å². The predicted molar refractivity (Wildman–Crippen MR) is 50.4 cm³/mol. The number of hydrogen-bond acceptors (Lipinski definition) is 5. The average Bonchev–Trinajstić information content (AvgIpc) is 2.15. The Labute approximate surface area is 92.2 Å². The lowest BCUT2D eigenvalue weighted by Crippen LogP contribution is -2.08. The van der Waals surface area contributed by atoms with Crippen molar-refractivity contribution in [2.24, 2.45) is 0 Å². The van der Waals surface area contributed by atoms with Gasteiger partial charge in [-0.3, -0.25) is 4.79 Å². The molecule has 16 heavy (non-hydrogen) atoms. The molecule has 0 radical (unpaired) electrons. The van der Waals surface area contributed by atoms with Crippen molar-refractivity contribution in [1.82, 2.24) is 4.98 Å². The first-order chi connectivity index (χ1) is 7.34. The van der Waals surface area contributed by atoms with E-state index < -0.39 is 39.4 Å². The molecule has 9 heteroatoms. The van der Waals surface area contributed by atoms with Crippen LogP contribution in [0.1, 0.15) is 22.5 Å². The molecule has 0 amide bonds. The van der Waals surface area contributed by atoms with Gasteiger partial charge in [0.05, 0.1) is 5.69 Å². The molecular formula is C7H4ClF2N3O3. The molecule has 0 fully saturated rings. The van der Waals surface area contributed by atoms with E-state index in [1.54, 1.807) is 0 Å². The number of anilines is 1. The number of nitrogen functional groups attached to an aromatic ring is 1. The number of nitrogens with zero attached hydrogens (tertiary/aromatic N) is 2. The summed E-state index contributed by atoms with van der Waals surface area (Å²) in [6, 6.07) is 0.674. The van der Waals surface area contributed by atoms with E-state index in [0.717, 1.165) is 0 Å². The maximum absolute atomic E-state index is 12.3. The quantitative estimate of drug-likeness (QED) is 0.502. The van der Waals surface area contributed by atoms with E-state index in [1.807, 2.05) is 0 Å². The van der Waals surface area contributed by atoms with Crippen LogP contribution in [0.5, 0.6) is 0 Å². The lowest BCUT2D eigenvalue weighted by atomic mass is 10.2. The molecule has 6 nitrogen and oxygen atoms in total. The van der Waals surface area contributed by atoms with Crippen LogP contribution in [0, 0.1) is 10.1 Å². The predicted octanol–water partition coefficient (Wildman–Crippen LogP) is 1.89. The number of alkyl halides is 2. The third kappa shape index (κ3) is 2.22. The van der Waals surface area contributed by atoms with Crippen LogP contribution in [0.25, 0.3) is 0 Å². The molecule has 0 bridgehead atoms. The van der Waals surface area contributed by atoms with Gasteiger partial charge in [0.2, 0.25) is 5.69 Å². The van der Waals surface area contributed by atoms with Crippen molar-refractivity contribution in [3.05, 3.63) is 27.4 Å². The van der Waals surface area contributed by atoms with Crippen LogP contribution in [-0.4, -0.2) is 15.1 Å². The maximum Gasteiger partial charge on any atom is 0.378 e. The highest BCUT2D eigenvalue weighted by Gasteiger charge is 2.28. The van der Waals surface area contributed by atoms with Gasteiger partial charge in [-0.05, 0) is 21.5 Å². The largest absolute Gasteiger partial charge is 0.398 e. The standard InChI is InChI=1S/C7H4ClF2N3O3/c8-5(14)4-2(11)1-3(6(9)10)12-7(4)13(15)16/h1,6H,(H2,11,12). The summed E-state index contributed by atoms with van der Waals surface area (Å²) in [4.78, 5) is 23.2. The van der Waals surface area contributed by atoms with Gasteiger partial charge in [-0.1, -0.05) is 0 Å². The van der Waals surface area contributed by atoms with Crippen LogP contribution in [0.15, 0.2) is 6.07 Å². The van der Waals surface area contributed by atoms with Crippen molar-refractivity contribution in [1.29, 1.82) is 0 Å². The summed E-state index contributed by atoms with van der Waals surface area (Å²) < 4.78 is 24.5. The molecule has 0 unspecified atom stereocenters. The zero-order valence-electron chi connectivity index (χ0n) is 7.49. The van der Waals surface area contributed by atoms with Crippen LogP contribution in [0.4, 0.5) is 20.3 Å². The average molecular weight is 252 g/mol. The van der Waals surface area contributed by atoms with Crippen molar-refractivity contribution in [3.63, 3.8) is 0 Å². The number of rotatable bonds is 3. The molecule has 0 aromatic carbocycles. The molecule has 1 aromatic heterocycles. The number of nitrogens with two attached hydrogens (primary N) is 1. The molecule has 0 aliphatic heterocycles. The summed E-state index contributed by atoms with van der Waals surface area (Å²) in [6.07, 6.45) is -3.03. The summed E-state index contributed by atoms with van der Waals surface area (Å²) >= 11 is 5.04. The Morgan fingerprint density at radius 2 is 2.19 bits per heavy atom. The van der Waals surface area contributed by atoms with Gasteiger partial charge in [-0.15, -0.1) is 0 Å². The Kier molecular flexibility index (Phi) is 3.33. The smallest absolute Gasteiger partial charge is 0.378 e. The fourth-order valence-corrected chi connectivity index (χ4v) is 1.21. The minimum absolute atomic E-state index is 0.503. The molecule has 0 atom stereocenters. The van der Waals surface area contributed by atoms with Gasteiger partial charge in [0, 0.05) is 6.07 Å². The van der Waals surface area contributed by atoms with Crippen LogP contribution < -0.4 is 5.73 Å². The molecular weight excluding hydrogens is 248 g/mol. The Morgan fingerprint density at radius 3 is 2.56 bits per heavy atom. The van der Waals surface area contributed by atoms with Crippen LogP contribution in [-0.2, 0) is 0 Å². The first kappa shape index (κ1) is 12.2. The topological polar surface area (TPSA) is 99.1 Å². The van der Waals surface area contributed by atoms with Gasteiger partial charge in [0.25, 0.3) is 5.24 Å². The van der Waals surface area contributed by atoms with Crippen molar-refractivity contribution >= 4 is 28.3 Å². The van der Waals surface area contributed by atoms with Crippen LogP contribution in [0.3, 0.4) is 0 Å². The lowest BCUT2D eigenvalue weighted by Gasteiger charge is -2.03. The van der Waals surface area contributed by atoms with Gasteiger partial charge in [-0.25, -0.2) is 8.78 Å². The van der Waals surface area contributed by atoms with E-state index in [0.29, 0.717) is 6.07 Å². The molecule has 1 rings (SSSR count). The van der Waals surface area contributed by atoms with Crippen molar-refractivity contribution < 1.29 is 18.5 Å². The Hall–Kier alpha value is -1.83. The Balaban J connectivity index is 3.52. The van der Waals surface area contributed by atoms with Gasteiger partial charge in [-0.2, -0.15) is 0 Å². The van der Waals surface area contributed by atoms with Crippen LogP contribution in [0.2, 0.25) is 0 Å². The normalized spacial score (nSPS) is 10.5. The molecule has 0 saturated heterocycles. The minimum Gasteiger partial charge on any atom is -0.398 e. The molecule has 1 heterocycles. The number of nitro groups is 1. The molecule has 0 aliphatic rings. The zero-order chi connectivity index (χ0) is 12.5. The SMILES string of the molecule is Nc1cc(C(F)F)nc([N+](=O)[O-])c1C(=O)Cl. The zero-order valence-corrected chi connectivity index (χ0v) is 8.24. The third-order valence-electron chi connectivity index (χ3n) is 1.64. The number of halogens is 3. The van der Waals surface area contributed by atoms with Gasteiger partial charge in [0.15, 0.2) is 5.56 Å². The van der Waals surface area contributed by atoms with Gasteiger partial charge >= 0.3 is 12.2 Å². The second-order valence-electron chi connectivity index (χ2n) is 2.67. The number of carbonyl (C=O) groups is 1. The fraction of sp³-hybridized carbons (Fsp3) is 0.143. The number of aromatic nitrogens is 1. The minimum atomic E-state index is -3.03. The third-order valence-corrected chi connectivity index (χ3v) is 1.83. The summed E-state index contributed by atoms with van der Waals surface area (Å²) in [7, 11) is 0.